The molecule has 0 saturated carbocycles. The lowest BCUT2D eigenvalue weighted by Gasteiger charge is -2.27. The standard InChI is InChI=1S/C18H29BrN2O2/c1-13(12-21(6)17(22)23-18(3,4)5)11-20-14(2)15-8-7-9-16(19)10-15/h7-10,13-14,20H,11-12H2,1-6H3. The van der Waals surface area contributed by atoms with Gasteiger partial charge in [-0.05, 0) is 57.9 Å². The molecule has 1 aromatic rings. The van der Waals surface area contributed by atoms with Crippen molar-refractivity contribution in [1.82, 2.24) is 10.2 Å². The van der Waals surface area contributed by atoms with Crippen molar-refractivity contribution in [1.29, 1.82) is 0 Å². The Balaban J connectivity index is 2.41. The number of benzene rings is 1. The number of carbonyl (C=O) groups excluding carboxylic acids is 1. The van der Waals surface area contributed by atoms with Gasteiger partial charge in [0.1, 0.15) is 5.60 Å². The second kappa shape index (κ2) is 8.69. The first-order valence-corrected chi connectivity index (χ1v) is 8.80. The van der Waals surface area contributed by atoms with E-state index in [-0.39, 0.29) is 12.1 Å². The number of rotatable bonds is 6. The maximum absolute atomic E-state index is 12.0. The van der Waals surface area contributed by atoms with E-state index < -0.39 is 5.60 Å². The third kappa shape index (κ3) is 7.84. The summed E-state index contributed by atoms with van der Waals surface area (Å²) in [5.74, 6) is 0.335. The third-order valence-corrected chi connectivity index (χ3v) is 3.91. The first kappa shape index (κ1) is 20.0. The molecule has 5 heteroatoms. The van der Waals surface area contributed by atoms with Gasteiger partial charge in [-0.3, -0.25) is 0 Å². The molecule has 130 valence electrons. The first-order chi connectivity index (χ1) is 10.6. The summed E-state index contributed by atoms with van der Waals surface area (Å²) in [5.41, 5.74) is 0.786. The number of nitrogens with one attached hydrogen (secondary N) is 1. The van der Waals surface area contributed by atoms with Gasteiger partial charge in [-0.15, -0.1) is 0 Å². The van der Waals surface area contributed by atoms with Crippen LogP contribution in [0.25, 0.3) is 0 Å². The van der Waals surface area contributed by atoms with Crippen LogP contribution >= 0.6 is 15.9 Å². The van der Waals surface area contributed by atoms with Crippen molar-refractivity contribution < 1.29 is 9.53 Å². The van der Waals surface area contributed by atoms with Gasteiger partial charge >= 0.3 is 6.09 Å². The molecule has 2 unspecified atom stereocenters. The van der Waals surface area contributed by atoms with Crippen LogP contribution in [0.1, 0.15) is 46.2 Å². The van der Waals surface area contributed by atoms with Crippen LogP contribution in [-0.4, -0.2) is 36.7 Å². The maximum Gasteiger partial charge on any atom is 0.410 e. The summed E-state index contributed by atoms with van der Waals surface area (Å²) in [6.07, 6.45) is -0.274. The Morgan fingerprint density at radius 1 is 1.35 bits per heavy atom. The lowest BCUT2D eigenvalue weighted by atomic mass is 10.1. The Morgan fingerprint density at radius 3 is 2.57 bits per heavy atom. The van der Waals surface area contributed by atoms with Gasteiger partial charge in [-0.25, -0.2) is 4.79 Å². The SMILES string of the molecule is CC(CNC(C)c1cccc(Br)c1)CN(C)C(=O)OC(C)(C)C. The molecular weight excluding hydrogens is 356 g/mol. The highest BCUT2D eigenvalue weighted by Crippen LogP contribution is 2.18. The van der Waals surface area contributed by atoms with E-state index >= 15 is 0 Å². The molecule has 0 aromatic heterocycles. The molecule has 0 spiro atoms. The molecule has 2 atom stereocenters. The summed E-state index contributed by atoms with van der Waals surface area (Å²) in [6.45, 7) is 11.4. The van der Waals surface area contributed by atoms with Crippen LogP contribution in [0.15, 0.2) is 28.7 Å². The van der Waals surface area contributed by atoms with E-state index in [1.165, 1.54) is 5.56 Å². The smallest absolute Gasteiger partial charge is 0.410 e. The maximum atomic E-state index is 12.0. The predicted octanol–water partition coefficient (Wildman–Crippen LogP) is 4.60. The predicted molar refractivity (Wildman–Crippen MR) is 98.6 cm³/mol. The molecule has 1 aromatic carbocycles. The van der Waals surface area contributed by atoms with Gasteiger partial charge in [-0.2, -0.15) is 0 Å². The van der Waals surface area contributed by atoms with Crippen LogP contribution in [0, 0.1) is 5.92 Å². The summed E-state index contributed by atoms with van der Waals surface area (Å²) in [4.78, 5) is 13.6. The monoisotopic (exact) mass is 384 g/mol. The zero-order valence-corrected chi connectivity index (χ0v) is 16.6. The number of hydrogen-bond donors (Lipinski definition) is 1. The molecule has 0 aliphatic carbocycles. The molecule has 0 aliphatic rings. The Kier molecular flexibility index (Phi) is 7.55. The highest BCUT2D eigenvalue weighted by Gasteiger charge is 2.20. The average Bonchev–Trinajstić information content (AvgIpc) is 2.42. The minimum absolute atomic E-state index is 0.266. The van der Waals surface area contributed by atoms with Crippen molar-refractivity contribution in [2.45, 2.75) is 46.3 Å². The van der Waals surface area contributed by atoms with Crippen LogP contribution in [0.4, 0.5) is 4.79 Å². The van der Waals surface area contributed by atoms with Crippen LogP contribution < -0.4 is 5.32 Å². The first-order valence-electron chi connectivity index (χ1n) is 8.01. The number of amides is 1. The third-order valence-electron chi connectivity index (χ3n) is 3.41. The van der Waals surface area contributed by atoms with Crippen molar-refractivity contribution in [3.8, 4) is 0 Å². The van der Waals surface area contributed by atoms with Crippen molar-refractivity contribution >= 4 is 22.0 Å². The lowest BCUT2D eigenvalue weighted by Crippen LogP contribution is -2.38. The fraction of sp³-hybridized carbons (Fsp3) is 0.611. The lowest BCUT2D eigenvalue weighted by molar-refractivity contribution is 0.0276. The molecule has 1 rings (SSSR count). The quantitative estimate of drug-likeness (QED) is 0.778. The van der Waals surface area contributed by atoms with Gasteiger partial charge in [0.2, 0.25) is 0 Å². The fourth-order valence-electron chi connectivity index (χ4n) is 2.22. The van der Waals surface area contributed by atoms with Gasteiger partial charge in [0, 0.05) is 24.1 Å². The molecule has 1 N–H and O–H groups in total. The van der Waals surface area contributed by atoms with Gasteiger partial charge in [0.15, 0.2) is 0 Å². The summed E-state index contributed by atoms with van der Waals surface area (Å²) in [5, 5.41) is 3.52. The summed E-state index contributed by atoms with van der Waals surface area (Å²) in [7, 11) is 1.78. The van der Waals surface area contributed by atoms with E-state index in [4.69, 9.17) is 4.74 Å². The molecule has 0 radical (unpaired) electrons. The number of nitrogens with zero attached hydrogens (tertiary/aromatic N) is 1. The van der Waals surface area contributed by atoms with E-state index in [0.29, 0.717) is 12.5 Å². The summed E-state index contributed by atoms with van der Waals surface area (Å²) in [6, 6.07) is 8.56. The van der Waals surface area contributed by atoms with Crippen LogP contribution in [0.5, 0.6) is 0 Å². The van der Waals surface area contributed by atoms with E-state index in [9.17, 15) is 4.79 Å². The number of ether oxygens (including phenoxy) is 1. The Labute approximate surface area is 148 Å². The number of carbonyl (C=O) groups is 1. The minimum Gasteiger partial charge on any atom is -0.444 e. The molecule has 0 fully saturated rings. The second-order valence-electron chi connectivity index (χ2n) is 7.15. The van der Waals surface area contributed by atoms with E-state index in [2.05, 4.69) is 47.2 Å². The largest absolute Gasteiger partial charge is 0.444 e. The molecule has 4 nitrogen and oxygen atoms in total. The molecule has 0 aliphatic heterocycles. The second-order valence-corrected chi connectivity index (χ2v) is 8.07. The van der Waals surface area contributed by atoms with Crippen molar-refractivity contribution in [2.75, 3.05) is 20.1 Å². The van der Waals surface area contributed by atoms with Crippen molar-refractivity contribution in [3.63, 3.8) is 0 Å². The molecule has 23 heavy (non-hydrogen) atoms. The molecule has 0 bridgehead atoms. The summed E-state index contributed by atoms with van der Waals surface area (Å²) < 4.78 is 6.45. The highest BCUT2D eigenvalue weighted by atomic mass is 79.9. The average molecular weight is 385 g/mol. The Bertz CT molecular complexity index is 514. The van der Waals surface area contributed by atoms with Crippen molar-refractivity contribution in [3.05, 3.63) is 34.3 Å². The molecular formula is C18H29BrN2O2. The normalized spacial score (nSPS) is 14.2. The van der Waals surface area contributed by atoms with Crippen LogP contribution in [0.2, 0.25) is 0 Å². The van der Waals surface area contributed by atoms with Gasteiger partial charge in [0.25, 0.3) is 0 Å². The Morgan fingerprint density at radius 2 is 2.00 bits per heavy atom. The molecule has 0 saturated heterocycles. The van der Waals surface area contributed by atoms with Gasteiger partial charge in [-0.1, -0.05) is 35.0 Å². The number of halogens is 1. The zero-order chi connectivity index (χ0) is 17.6. The Hall–Kier alpha value is -1.07. The molecule has 0 heterocycles. The fourth-order valence-corrected chi connectivity index (χ4v) is 2.64. The van der Waals surface area contributed by atoms with Crippen molar-refractivity contribution in [2.24, 2.45) is 5.92 Å². The van der Waals surface area contributed by atoms with E-state index in [1.807, 2.05) is 32.9 Å². The van der Waals surface area contributed by atoms with E-state index in [1.54, 1.807) is 11.9 Å². The van der Waals surface area contributed by atoms with Crippen LogP contribution in [-0.2, 0) is 4.74 Å². The highest BCUT2D eigenvalue weighted by molar-refractivity contribution is 9.10. The zero-order valence-electron chi connectivity index (χ0n) is 15.0. The van der Waals surface area contributed by atoms with Crippen LogP contribution in [0.3, 0.4) is 0 Å². The minimum atomic E-state index is -0.456. The molecule has 1 amide bonds. The van der Waals surface area contributed by atoms with Gasteiger partial charge < -0.3 is 15.0 Å². The van der Waals surface area contributed by atoms with E-state index in [0.717, 1.165) is 11.0 Å². The number of hydrogen-bond acceptors (Lipinski definition) is 3. The topological polar surface area (TPSA) is 41.6 Å². The van der Waals surface area contributed by atoms with Gasteiger partial charge in [0.05, 0.1) is 0 Å². The summed E-state index contributed by atoms with van der Waals surface area (Å²) >= 11 is 3.50.